The van der Waals surface area contributed by atoms with Crippen molar-refractivity contribution in [2.75, 3.05) is 5.75 Å². The number of carbonyl (C=O) groups is 2. The van der Waals surface area contributed by atoms with Crippen molar-refractivity contribution in [3.63, 3.8) is 0 Å². The summed E-state index contributed by atoms with van der Waals surface area (Å²) in [6.45, 7) is 5.18. The van der Waals surface area contributed by atoms with Crippen LogP contribution in [0.3, 0.4) is 0 Å². The Balaban J connectivity index is 3.07. The van der Waals surface area contributed by atoms with Crippen LogP contribution >= 0.6 is 0 Å². The van der Waals surface area contributed by atoms with E-state index in [2.05, 4.69) is 0 Å². The molecular formula is C14H22O5S. The highest BCUT2D eigenvalue weighted by Crippen LogP contribution is 2.31. The number of Topliss-reactive ketones (excluding diaryl/α,β-unsaturated/α-hetero) is 1. The van der Waals surface area contributed by atoms with E-state index in [1.807, 2.05) is 0 Å². The summed E-state index contributed by atoms with van der Waals surface area (Å²) in [5, 5.41) is 9.17. The van der Waals surface area contributed by atoms with Crippen LogP contribution in [0.25, 0.3) is 0 Å². The zero-order chi connectivity index (χ0) is 15.5. The third-order valence-corrected chi connectivity index (χ3v) is 6.05. The Morgan fingerprint density at radius 1 is 1.35 bits per heavy atom. The first-order valence-electron chi connectivity index (χ1n) is 6.85. The van der Waals surface area contributed by atoms with Gasteiger partial charge in [0.15, 0.2) is 9.84 Å². The minimum absolute atomic E-state index is 0.239. The molecule has 1 fully saturated rings. The third-order valence-electron chi connectivity index (χ3n) is 3.81. The number of ketones is 1. The van der Waals surface area contributed by atoms with Crippen LogP contribution in [0.2, 0.25) is 0 Å². The number of allylic oxidation sites excluding steroid dienone is 2. The van der Waals surface area contributed by atoms with Gasteiger partial charge in [0, 0.05) is 17.2 Å². The molecule has 0 amide bonds. The molecule has 0 heterocycles. The first kappa shape index (κ1) is 16.9. The average molecular weight is 302 g/mol. The van der Waals surface area contributed by atoms with Crippen molar-refractivity contribution in [1.82, 2.24) is 0 Å². The molecule has 0 aromatic carbocycles. The van der Waals surface area contributed by atoms with Gasteiger partial charge in [-0.15, -0.1) is 0 Å². The van der Waals surface area contributed by atoms with Gasteiger partial charge in [0.25, 0.3) is 0 Å². The summed E-state index contributed by atoms with van der Waals surface area (Å²) in [7, 11) is -3.58. The van der Waals surface area contributed by atoms with Gasteiger partial charge in [-0.2, -0.15) is 0 Å². The first-order chi connectivity index (χ1) is 9.20. The molecule has 0 radical (unpaired) electrons. The molecule has 20 heavy (non-hydrogen) atoms. The van der Waals surface area contributed by atoms with E-state index in [0.717, 1.165) is 0 Å². The van der Waals surface area contributed by atoms with Crippen LogP contribution in [0, 0.1) is 11.8 Å². The molecule has 1 aliphatic carbocycles. The zero-order valence-corrected chi connectivity index (χ0v) is 13.0. The van der Waals surface area contributed by atoms with E-state index in [4.69, 9.17) is 5.11 Å². The van der Waals surface area contributed by atoms with Gasteiger partial charge in [-0.25, -0.2) is 8.42 Å². The molecule has 1 rings (SSSR count). The van der Waals surface area contributed by atoms with Crippen molar-refractivity contribution in [3.05, 3.63) is 10.5 Å². The van der Waals surface area contributed by atoms with Gasteiger partial charge in [-0.3, -0.25) is 9.59 Å². The topological polar surface area (TPSA) is 88.5 Å². The molecule has 0 aromatic rings. The van der Waals surface area contributed by atoms with E-state index < -0.39 is 27.6 Å². The van der Waals surface area contributed by atoms with Crippen LogP contribution in [-0.4, -0.2) is 31.0 Å². The molecule has 0 aromatic heterocycles. The largest absolute Gasteiger partial charge is 0.481 e. The van der Waals surface area contributed by atoms with Gasteiger partial charge in [0.1, 0.15) is 5.78 Å². The molecule has 1 N–H and O–H groups in total. The Morgan fingerprint density at radius 2 is 1.95 bits per heavy atom. The third kappa shape index (κ3) is 3.69. The number of hydrogen-bond donors (Lipinski definition) is 1. The molecule has 2 atom stereocenters. The fourth-order valence-electron chi connectivity index (χ4n) is 2.83. The SMILES string of the molecule is CCC(=C(C)C)S(=O)(=O)CC1C(=O)CCCC1C(=O)O. The van der Waals surface area contributed by atoms with Crippen molar-refractivity contribution in [3.8, 4) is 0 Å². The van der Waals surface area contributed by atoms with E-state index >= 15 is 0 Å². The van der Waals surface area contributed by atoms with Crippen LogP contribution in [0.5, 0.6) is 0 Å². The van der Waals surface area contributed by atoms with Gasteiger partial charge < -0.3 is 5.11 Å². The first-order valence-corrected chi connectivity index (χ1v) is 8.50. The monoisotopic (exact) mass is 302 g/mol. The number of sulfone groups is 1. The second kappa shape index (κ2) is 6.52. The maximum absolute atomic E-state index is 12.4. The summed E-state index contributed by atoms with van der Waals surface area (Å²) in [6, 6.07) is 0. The summed E-state index contributed by atoms with van der Waals surface area (Å²) >= 11 is 0. The van der Waals surface area contributed by atoms with Crippen LogP contribution in [-0.2, 0) is 19.4 Å². The van der Waals surface area contributed by atoms with Crippen molar-refractivity contribution in [1.29, 1.82) is 0 Å². The van der Waals surface area contributed by atoms with Crippen LogP contribution in [0.1, 0.15) is 46.5 Å². The number of rotatable bonds is 5. The summed E-state index contributed by atoms with van der Waals surface area (Å²) in [4.78, 5) is 23.5. The number of carboxylic acid groups (broad SMARTS) is 1. The summed E-state index contributed by atoms with van der Waals surface area (Å²) in [5.74, 6) is -3.48. The number of carbonyl (C=O) groups excluding carboxylic acids is 1. The molecule has 1 aliphatic rings. The molecule has 2 unspecified atom stereocenters. The van der Waals surface area contributed by atoms with E-state index in [9.17, 15) is 18.0 Å². The molecular weight excluding hydrogens is 280 g/mol. The van der Waals surface area contributed by atoms with E-state index in [0.29, 0.717) is 29.7 Å². The number of hydrogen-bond acceptors (Lipinski definition) is 4. The second-order valence-electron chi connectivity index (χ2n) is 5.47. The fourth-order valence-corrected chi connectivity index (χ4v) is 4.99. The van der Waals surface area contributed by atoms with Gasteiger partial charge >= 0.3 is 5.97 Å². The highest BCUT2D eigenvalue weighted by atomic mass is 32.2. The fraction of sp³-hybridized carbons (Fsp3) is 0.714. The van der Waals surface area contributed by atoms with Gasteiger partial charge in [-0.05, 0) is 33.1 Å². The Morgan fingerprint density at radius 3 is 2.40 bits per heavy atom. The number of aliphatic carboxylic acids is 1. The predicted molar refractivity (Wildman–Crippen MR) is 75.9 cm³/mol. The van der Waals surface area contributed by atoms with Crippen LogP contribution in [0.4, 0.5) is 0 Å². The summed E-state index contributed by atoms with van der Waals surface area (Å²) in [5.41, 5.74) is 0.697. The van der Waals surface area contributed by atoms with Crippen molar-refractivity contribution < 1.29 is 23.1 Å². The highest BCUT2D eigenvalue weighted by molar-refractivity contribution is 7.95. The summed E-state index contributed by atoms with van der Waals surface area (Å²) < 4.78 is 24.8. The molecule has 0 spiro atoms. The minimum Gasteiger partial charge on any atom is -0.481 e. The standard InChI is InChI=1S/C14H22O5S/c1-4-13(9(2)3)20(18,19)8-11-10(14(16)17)6-5-7-12(11)15/h10-11H,4-8H2,1-3H3,(H,16,17). The Kier molecular flexibility index (Phi) is 5.50. The van der Waals surface area contributed by atoms with E-state index in [1.165, 1.54) is 0 Å². The molecule has 5 nitrogen and oxygen atoms in total. The smallest absolute Gasteiger partial charge is 0.307 e. The van der Waals surface area contributed by atoms with Crippen LogP contribution < -0.4 is 0 Å². The lowest BCUT2D eigenvalue weighted by atomic mass is 9.79. The van der Waals surface area contributed by atoms with E-state index in [1.54, 1.807) is 20.8 Å². The number of carboxylic acids is 1. The molecule has 1 saturated carbocycles. The van der Waals surface area contributed by atoms with Crippen molar-refractivity contribution in [2.45, 2.75) is 46.5 Å². The van der Waals surface area contributed by atoms with Gasteiger partial charge in [-0.1, -0.05) is 12.5 Å². The predicted octanol–water partition coefficient (Wildman–Crippen LogP) is 2.18. The maximum Gasteiger partial charge on any atom is 0.307 e. The van der Waals surface area contributed by atoms with Crippen molar-refractivity contribution >= 4 is 21.6 Å². The molecule has 114 valence electrons. The quantitative estimate of drug-likeness (QED) is 0.840. The molecule has 6 heteroatoms. The lowest BCUT2D eigenvalue weighted by Gasteiger charge is -2.27. The zero-order valence-electron chi connectivity index (χ0n) is 12.2. The van der Waals surface area contributed by atoms with Crippen molar-refractivity contribution in [2.24, 2.45) is 11.8 Å². The minimum atomic E-state index is -3.58. The highest BCUT2D eigenvalue weighted by Gasteiger charge is 2.39. The molecule has 0 saturated heterocycles. The summed E-state index contributed by atoms with van der Waals surface area (Å²) in [6.07, 6.45) is 1.54. The lowest BCUT2D eigenvalue weighted by Crippen LogP contribution is -2.38. The average Bonchev–Trinajstić information content (AvgIpc) is 2.30. The van der Waals surface area contributed by atoms with E-state index in [-0.39, 0.29) is 18.0 Å². The normalized spacial score (nSPS) is 23.4. The van der Waals surface area contributed by atoms with Gasteiger partial charge in [0.05, 0.1) is 11.7 Å². The Labute approximate surface area is 120 Å². The van der Waals surface area contributed by atoms with Gasteiger partial charge in [0.2, 0.25) is 0 Å². The Hall–Kier alpha value is -1.17. The second-order valence-corrected chi connectivity index (χ2v) is 7.52. The Bertz CT molecular complexity index is 526. The molecule has 0 bridgehead atoms. The molecule has 0 aliphatic heterocycles. The maximum atomic E-state index is 12.4. The van der Waals surface area contributed by atoms with Crippen LogP contribution in [0.15, 0.2) is 10.5 Å². The lowest BCUT2D eigenvalue weighted by molar-refractivity contribution is -0.148.